The number of aryl methyl sites for hydroxylation is 1. The van der Waals surface area contributed by atoms with Gasteiger partial charge in [-0.1, -0.05) is 38.2 Å². The molecule has 0 bridgehead atoms. The minimum absolute atomic E-state index is 0. The molecule has 3 heterocycles. The van der Waals surface area contributed by atoms with Gasteiger partial charge in [0.1, 0.15) is 22.5 Å². The molecular formula is C37H50B3BrN8O9S2. The van der Waals surface area contributed by atoms with E-state index in [1.54, 1.807) is 50.9 Å². The molecule has 60 heavy (non-hydrogen) atoms. The number of halogens is 1. The van der Waals surface area contributed by atoms with Gasteiger partial charge in [0, 0.05) is 39.0 Å². The van der Waals surface area contributed by atoms with Crippen molar-refractivity contribution in [1.82, 2.24) is 19.9 Å². The van der Waals surface area contributed by atoms with E-state index in [1.807, 2.05) is 51.7 Å². The Morgan fingerprint density at radius 2 is 0.983 bits per heavy atom. The van der Waals surface area contributed by atoms with Crippen molar-refractivity contribution in [2.45, 2.75) is 59.5 Å². The molecule has 0 unspecified atom stereocenters. The van der Waals surface area contributed by atoms with Crippen molar-refractivity contribution in [2.75, 3.05) is 24.9 Å². The number of fused-ring (bicyclic) bond motifs is 2. The van der Waals surface area contributed by atoms with Crippen LogP contribution in [-0.4, -0.2) is 72.3 Å². The highest BCUT2D eigenvalue weighted by atomic mass is 79.9. The molecule has 0 spiro atoms. The molecule has 0 radical (unpaired) electrons. The van der Waals surface area contributed by atoms with Gasteiger partial charge in [-0.15, -0.1) is 0 Å². The Morgan fingerprint density at radius 3 is 1.35 bits per heavy atom. The van der Waals surface area contributed by atoms with Crippen LogP contribution in [0.4, 0.5) is 23.3 Å². The Bertz CT molecular complexity index is 2390. The van der Waals surface area contributed by atoms with E-state index < -0.39 is 20.0 Å². The van der Waals surface area contributed by atoms with Crippen molar-refractivity contribution in [3.05, 3.63) is 95.2 Å². The Morgan fingerprint density at radius 1 is 0.617 bits per heavy atom. The second-order valence-corrected chi connectivity index (χ2v) is 16.4. The van der Waals surface area contributed by atoms with Gasteiger partial charge in [-0.25, -0.2) is 47.0 Å². The molecule has 7 rings (SSSR count). The second kappa shape index (κ2) is 22.1. The fourth-order valence-corrected chi connectivity index (χ4v) is 6.87. The summed E-state index contributed by atoms with van der Waals surface area (Å²) in [7, 11) is -4.67. The van der Waals surface area contributed by atoms with Gasteiger partial charge in [0.05, 0.1) is 24.0 Å². The van der Waals surface area contributed by atoms with Gasteiger partial charge in [0.25, 0.3) is 0 Å². The number of nitrogens with two attached hydrogens (primary N) is 2. The van der Waals surface area contributed by atoms with Crippen LogP contribution in [0.2, 0.25) is 20.5 Å². The Kier molecular flexibility index (Phi) is 18.9. The number of aromatic nitrogens is 4. The smallest absolute Gasteiger partial charge is 0.426 e. The molecule has 0 aliphatic carbocycles. The summed E-state index contributed by atoms with van der Waals surface area (Å²) in [4.78, 5) is 17.5. The van der Waals surface area contributed by atoms with E-state index in [0.717, 1.165) is 20.8 Å². The first-order valence-electron chi connectivity index (χ1n) is 17.0. The summed E-state index contributed by atoms with van der Waals surface area (Å²) in [5.74, 6) is 2.04. The summed E-state index contributed by atoms with van der Waals surface area (Å²) in [6.45, 7) is 7.54. The lowest BCUT2D eigenvalue weighted by molar-refractivity contribution is 0.294. The first kappa shape index (κ1) is 51.3. The normalized spacial score (nSPS) is 12.3. The highest BCUT2D eigenvalue weighted by molar-refractivity contribution is 9.10. The number of nitrogens with one attached hydrogen (secondary N) is 2. The molecule has 0 atom stereocenters. The monoisotopic (exact) mass is 926 g/mol. The quantitative estimate of drug-likeness (QED) is 0.108. The molecule has 320 valence electrons. The largest absolute Gasteiger partial charge is 0.494 e. The number of methoxy groups -OCH3 is 2. The SMILES string of the molecule is C.C.C.CB1OB(C)OB(C)O1.COc1cc(Br)cc2cnc(Nc3ccc(S(N)(=O)=O)cc3)nc12.COc1cc(C)cc2cnc(Nc3ccc(S(N)(=O)=O)cc3)nc12. The third-order valence-corrected chi connectivity index (χ3v) is 10.2. The highest BCUT2D eigenvalue weighted by Gasteiger charge is 2.31. The lowest BCUT2D eigenvalue weighted by Crippen LogP contribution is -2.44. The molecule has 17 nitrogen and oxygen atoms in total. The molecule has 1 saturated heterocycles. The maximum atomic E-state index is 11.3. The van der Waals surface area contributed by atoms with Crippen LogP contribution >= 0.6 is 15.9 Å². The topological polar surface area (TPSA) is 242 Å². The number of nitrogens with zero attached hydrogens (tertiary/aromatic N) is 4. The van der Waals surface area contributed by atoms with Crippen LogP contribution in [0.3, 0.4) is 0 Å². The lowest BCUT2D eigenvalue weighted by Gasteiger charge is -2.25. The minimum atomic E-state index is -3.71. The maximum absolute atomic E-state index is 11.3. The second-order valence-electron chi connectivity index (χ2n) is 12.3. The van der Waals surface area contributed by atoms with Gasteiger partial charge in [0.2, 0.25) is 31.9 Å². The van der Waals surface area contributed by atoms with Crippen LogP contribution < -0.4 is 30.4 Å². The van der Waals surface area contributed by atoms with E-state index in [-0.39, 0.29) is 53.4 Å². The summed E-state index contributed by atoms with van der Waals surface area (Å²) in [6.07, 6.45) is 3.38. The molecule has 2 aromatic heterocycles. The van der Waals surface area contributed by atoms with E-state index in [2.05, 4.69) is 46.5 Å². The molecule has 1 fully saturated rings. The van der Waals surface area contributed by atoms with Crippen molar-refractivity contribution >= 4 is 102 Å². The number of hydrogen-bond acceptors (Lipinski definition) is 15. The van der Waals surface area contributed by atoms with E-state index >= 15 is 0 Å². The highest BCUT2D eigenvalue weighted by Crippen LogP contribution is 2.30. The summed E-state index contributed by atoms with van der Waals surface area (Å²) >= 11 is 3.41. The van der Waals surface area contributed by atoms with Crippen LogP contribution in [0.25, 0.3) is 21.8 Å². The first-order valence-corrected chi connectivity index (χ1v) is 20.9. The lowest BCUT2D eigenvalue weighted by atomic mass is 9.74. The van der Waals surface area contributed by atoms with Gasteiger partial charge in [-0.2, -0.15) is 0 Å². The molecule has 0 amide bonds. The van der Waals surface area contributed by atoms with Gasteiger partial charge in [0.15, 0.2) is 0 Å². The fourth-order valence-electron chi connectivity index (χ4n) is 5.39. The van der Waals surface area contributed by atoms with Gasteiger partial charge >= 0.3 is 21.4 Å². The molecule has 4 aromatic carbocycles. The van der Waals surface area contributed by atoms with Gasteiger partial charge in [-0.3, -0.25) is 0 Å². The minimum Gasteiger partial charge on any atom is -0.494 e. The number of rotatable bonds is 8. The number of sulfonamides is 2. The predicted molar refractivity (Wildman–Crippen MR) is 245 cm³/mol. The molecule has 0 saturated carbocycles. The summed E-state index contributed by atoms with van der Waals surface area (Å²) in [5.41, 5.74) is 3.70. The molecule has 1 aliphatic heterocycles. The van der Waals surface area contributed by atoms with Crippen LogP contribution in [-0.2, 0) is 33.8 Å². The number of ether oxygens (including phenoxy) is 2. The van der Waals surface area contributed by atoms with Crippen molar-refractivity contribution < 1.29 is 40.0 Å². The Labute approximate surface area is 362 Å². The van der Waals surface area contributed by atoms with Crippen LogP contribution in [0.1, 0.15) is 27.8 Å². The summed E-state index contributed by atoms with van der Waals surface area (Å²) in [6, 6.07) is 19.6. The zero-order valence-corrected chi connectivity index (χ0v) is 34.8. The predicted octanol–water partition coefficient (Wildman–Crippen LogP) is 7.44. The number of benzene rings is 4. The van der Waals surface area contributed by atoms with Crippen LogP contribution in [0.15, 0.2) is 99.5 Å². The van der Waals surface area contributed by atoms with Gasteiger partial charge in [-0.05, 0) is 106 Å². The number of anilines is 4. The van der Waals surface area contributed by atoms with E-state index in [9.17, 15) is 16.8 Å². The van der Waals surface area contributed by atoms with E-state index in [4.69, 9.17) is 33.5 Å². The molecule has 6 aromatic rings. The third-order valence-electron chi connectivity index (χ3n) is 7.87. The summed E-state index contributed by atoms with van der Waals surface area (Å²) < 4.78 is 72.0. The van der Waals surface area contributed by atoms with Crippen molar-refractivity contribution in [3.63, 3.8) is 0 Å². The number of primary sulfonamides is 2. The standard InChI is InChI=1S/C16H16N4O3S.C15H13BrN4O3S.C3H9B3O3.3CH4/c1-10-7-11-9-18-16(20-15(11)14(8-10)23-2)19-12-3-5-13(6-4-12)24(17,21)22;1-23-13-7-10(16)6-9-8-18-15(20-14(9)13)19-11-2-4-12(5-3-11)24(17,21)22;1-4-7-5(2)9-6(3)8-4;;;/h3-9H,1-2H3,(H2,17,21,22)(H,18,19,20);2-8H,1H3,(H2,17,21,22)(H,18,19,20);1-3H3;3*1H4. The molecule has 1 aliphatic rings. The molecular weight excluding hydrogens is 877 g/mol. The first-order chi connectivity index (χ1) is 26.9. The third kappa shape index (κ3) is 14.1. The Balaban J connectivity index is 0.000000330. The van der Waals surface area contributed by atoms with Crippen LogP contribution in [0.5, 0.6) is 11.5 Å². The maximum Gasteiger partial charge on any atom is 0.426 e. The van der Waals surface area contributed by atoms with Crippen molar-refractivity contribution in [3.8, 4) is 11.5 Å². The van der Waals surface area contributed by atoms with Crippen molar-refractivity contribution in [1.29, 1.82) is 0 Å². The average Bonchev–Trinajstić information content (AvgIpc) is 3.14. The van der Waals surface area contributed by atoms with Crippen molar-refractivity contribution in [2.24, 2.45) is 10.3 Å². The van der Waals surface area contributed by atoms with Crippen LogP contribution in [0, 0.1) is 6.92 Å². The van der Waals surface area contributed by atoms with Gasteiger partial charge < -0.3 is 33.8 Å². The summed E-state index contributed by atoms with van der Waals surface area (Å²) in [5, 5.41) is 17.9. The van der Waals surface area contributed by atoms with E-state index in [1.165, 1.54) is 24.3 Å². The Hall–Kier alpha value is -4.87. The molecule has 23 heteroatoms. The molecule has 6 N–H and O–H groups in total. The average molecular weight is 927 g/mol. The fraction of sp³-hybridized carbons (Fsp3) is 0.243. The zero-order chi connectivity index (χ0) is 41.5. The van der Waals surface area contributed by atoms with E-state index in [0.29, 0.717) is 45.8 Å². The number of hydrogen-bond donors (Lipinski definition) is 4. The zero-order valence-electron chi connectivity index (χ0n) is 31.6.